The Kier molecular flexibility index (Phi) is 4.42. The van der Waals surface area contributed by atoms with Gasteiger partial charge < -0.3 is 10.4 Å². The summed E-state index contributed by atoms with van der Waals surface area (Å²) in [7, 11) is 0. The van der Waals surface area contributed by atoms with Crippen LogP contribution in [0.5, 0.6) is 0 Å². The molecule has 0 aliphatic rings. The lowest BCUT2D eigenvalue weighted by Gasteiger charge is -2.10. The zero-order valence-electron chi connectivity index (χ0n) is 9.01. The highest BCUT2D eigenvalue weighted by molar-refractivity contribution is 6.32. The number of hydrogen-bond donors (Lipinski definition) is 2. The van der Waals surface area contributed by atoms with Gasteiger partial charge >= 0.3 is 0 Å². The van der Waals surface area contributed by atoms with Crippen LogP contribution in [0, 0.1) is 10.1 Å². The normalized spacial score (nSPS) is 11.9. The zero-order valence-corrected chi connectivity index (χ0v) is 9.77. The Morgan fingerprint density at radius 1 is 1.65 bits per heavy atom. The van der Waals surface area contributed by atoms with Crippen LogP contribution in [0.3, 0.4) is 0 Å². The van der Waals surface area contributed by atoms with Crippen LogP contribution in [-0.4, -0.2) is 28.6 Å². The van der Waals surface area contributed by atoms with Crippen molar-refractivity contribution in [2.75, 3.05) is 6.61 Å². The number of nitro groups is 1. The topological polar surface area (TPSA) is 92.5 Å². The van der Waals surface area contributed by atoms with Crippen LogP contribution in [0.1, 0.15) is 17.3 Å². The van der Waals surface area contributed by atoms with E-state index in [-0.39, 0.29) is 22.9 Å². The standard InChI is InChI=1S/C10H11ClN2O4/c1-6(5-14)12-10(15)7-2-3-8(11)9(4-7)13(16)17/h2-4,6,14H,5H2,1H3,(H,12,15)/t6-/m1/s1. The molecule has 17 heavy (non-hydrogen) atoms. The van der Waals surface area contributed by atoms with E-state index in [1.165, 1.54) is 12.1 Å². The molecule has 0 heterocycles. The Bertz CT molecular complexity index is 450. The average molecular weight is 259 g/mol. The summed E-state index contributed by atoms with van der Waals surface area (Å²) in [6.07, 6.45) is 0. The van der Waals surface area contributed by atoms with Crippen LogP contribution in [0.2, 0.25) is 5.02 Å². The molecule has 1 atom stereocenters. The number of aliphatic hydroxyl groups is 1. The fourth-order valence-electron chi connectivity index (χ4n) is 1.15. The van der Waals surface area contributed by atoms with Crippen molar-refractivity contribution in [3.05, 3.63) is 38.9 Å². The lowest BCUT2D eigenvalue weighted by Crippen LogP contribution is -2.34. The summed E-state index contributed by atoms with van der Waals surface area (Å²) in [6, 6.07) is 3.35. The van der Waals surface area contributed by atoms with Crippen LogP contribution >= 0.6 is 11.6 Å². The van der Waals surface area contributed by atoms with Gasteiger partial charge in [0.25, 0.3) is 11.6 Å². The van der Waals surface area contributed by atoms with Crippen molar-refractivity contribution in [1.82, 2.24) is 5.32 Å². The maximum Gasteiger partial charge on any atom is 0.288 e. The molecule has 6 nitrogen and oxygen atoms in total. The molecule has 2 N–H and O–H groups in total. The van der Waals surface area contributed by atoms with E-state index >= 15 is 0 Å². The first-order valence-electron chi connectivity index (χ1n) is 4.81. The number of hydrogen-bond acceptors (Lipinski definition) is 4. The molecule has 1 amide bonds. The molecular weight excluding hydrogens is 248 g/mol. The third kappa shape index (κ3) is 3.40. The van der Waals surface area contributed by atoms with Gasteiger partial charge in [-0.15, -0.1) is 0 Å². The van der Waals surface area contributed by atoms with Crippen molar-refractivity contribution in [2.24, 2.45) is 0 Å². The van der Waals surface area contributed by atoms with Crippen LogP contribution in [-0.2, 0) is 0 Å². The molecule has 0 aliphatic carbocycles. The first kappa shape index (κ1) is 13.4. The predicted octanol–water partition coefficient (Wildman–Crippen LogP) is 1.36. The van der Waals surface area contributed by atoms with Gasteiger partial charge in [-0.25, -0.2) is 0 Å². The van der Waals surface area contributed by atoms with Gasteiger partial charge in [0.15, 0.2) is 0 Å². The fourth-order valence-corrected chi connectivity index (χ4v) is 1.33. The molecule has 0 aliphatic heterocycles. The molecule has 0 unspecified atom stereocenters. The highest BCUT2D eigenvalue weighted by Gasteiger charge is 2.16. The Balaban J connectivity index is 2.96. The van der Waals surface area contributed by atoms with Crippen molar-refractivity contribution in [3.63, 3.8) is 0 Å². The predicted molar refractivity (Wildman–Crippen MR) is 62.1 cm³/mol. The maximum absolute atomic E-state index is 11.6. The van der Waals surface area contributed by atoms with Gasteiger partial charge in [-0.3, -0.25) is 14.9 Å². The fraction of sp³-hybridized carbons (Fsp3) is 0.300. The minimum absolute atomic E-state index is 0.0262. The average Bonchev–Trinajstić information content (AvgIpc) is 2.28. The third-order valence-electron chi connectivity index (χ3n) is 2.06. The van der Waals surface area contributed by atoms with Gasteiger partial charge in [-0.2, -0.15) is 0 Å². The molecule has 0 saturated carbocycles. The second-order valence-electron chi connectivity index (χ2n) is 3.48. The summed E-state index contributed by atoms with van der Waals surface area (Å²) >= 11 is 5.62. The van der Waals surface area contributed by atoms with Gasteiger partial charge in [0.2, 0.25) is 0 Å². The van der Waals surface area contributed by atoms with Gasteiger partial charge in [-0.1, -0.05) is 11.6 Å². The number of nitro benzene ring substituents is 1. The smallest absolute Gasteiger partial charge is 0.288 e. The number of benzene rings is 1. The minimum atomic E-state index is -0.658. The van der Waals surface area contributed by atoms with Crippen molar-refractivity contribution in [3.8, 4) is 0 Å². The van der Waals surface area contributed by atoms with E-state index in [0.29, 0.717) is 0 Å². The van der Waals surface area contributed by atoms with Crippen LogP contribution in [0.15, 0.2) is 18.2 Å². The third-order valence-corrected chi connectivity index (χ3v) is 2.38. The second kappa shape index (κ2) is 5.60. The highest BCUT2D eigenvalue weighted by Crippen LogP contribution is 2.24. The molecule has 0 radical (unpaired) electrons. The van der Waals surface area contributed by atoms with Gasteiger partial charge in [0.1, 0.15) is 5.02 Å². The molecule has 0 fully saturated rings. The van der Waals surface area contributed by atoms with Crippen LogP contribution in [0.25, 0.3) is 0 Å². The quantitative estimate of drug-likeness (QED) is 0.630. The van der Waals surface area contributed by atoms with Gasteiger partial charge in [0, 0.05) is 17.7 Å². The van der Waals surface area contributed by atoms with Gasteiger partial charge in [-0.05, 0) is 19.1 Å². The molecular formula is C10H11ClN2O4. The van der Waals surface area contributed by atoms with Crippen molar-refractivity contribution in [1.29, 1.82) is 0 Å². The zero-order chi connectivity index (χ0) is 13.0. The van der Waals surface area contributed by atoms with Crippen molar-refractivity contribution >= 4 is 23.2 Å². The Morgan fingerprint density at radius 3 is 2.82 bits per heavy atom. The molecule has 0 saturated heterocycles. The highest BCUT2D eigenvalue weighted by atomic mass is 35.5. The van der Waals surface area contributed by atoms with E-state index in [1.54, 1.807) is 6.92 Å². The molecule has 0 spiro atoms. The minimum Gasteiger partial charge on any atom is -0.394 e. The lowest BCUT2D eigenvalue weighted by molar-refractivity contribution is -0.384. The summed E-state index contributed by atoms with van der Waals surface area (Å²) in [5, 5.41) is 21.8. The summed E-state index contributed by atoms with van der Waals surface area (Å²) in [6.45, 7) is 1.41. The number of nitrogens with one attached hydrogen (secondary N) is 1. The van der Waals surface area contributed by atoms with E-state index in [2.05, 4.69) is 5.32 Å². The van der Waals surface area contributed by atoms with E-state index in [0.717, 1.165) is 6.07 Å². The first-order chi connectivity index (χ1) is 7.95. The number of nitrogens with zero attached hydrogens (tertiary/aromatic N) is 1. The molecule has 1 aromatic rings. The number of carbonyl (C=O) groups excluding carboxylic acids is 1. The lowest BCUT2D eigenvalue weighted by atomic mass is 10.2. The molecule has 1 rings (SSSR count). The van der Waals surface area contributed by atoms with E-state index in [4.69, 9.17) is 16.7 Å². The van der Waals surface area contributed by atoms with E-state index in [1.807, 2.05) is 0 Å². The molecule has 0 bridgehead atoms. The van der Waals surface area contributed by atoms with Crippen LogP contribution < -0.4 is 5.32 Å². The number of halogens is 1. The summed E-state index contributed by atoms with van der Waals surface area (Å²) in [5.41, 5.74) is -0.197. The molecule has 1 aromatic carbocycles. The summed E-state index contributed by atoms with van der Waals surface area (Å²) in [4.78, 5) is 21.6. The van der Waals surface area contributed by atoms with Crippen molar-refractivity contribution < 1.29 is 14.8 Å². The number of amides is 1. The SMILES string of the molecule is C[C@H](CO)NC(=O)c1ccc(Cl)c([N+](=O)[O-])c1. The van der Waals surface area contributed by atoms with Gasteiger partial charge in [0.05, 0.1) is 11.5 Å². The van der Waals surface area contributed by atoms with E-state index in [9.17, 15) is 14.9 Å². The first-order valence-corrected chi connectivity index (χ1v) is 5.19. The molecule has 92 valence electrons. The number of rotatable bonds is 4. The molecule has 7 heteroatoms. The monoisotopic (exact) mass is 258 g/mol. The van der Waals surface area contributed by atoms with Crippen LogP contribution in [0.4, 0.5) is 5.69 Å². The second-order valence-corrected chi connectivity index (χ2v) is 3.89. The summed E-state index contributed by atoms with van der Waals surface area (Å²) < 4.78 is 0. The number of carbonyl (C=O) groups is 1. The van der Waals surface area contributed by atoms with E-state index < -0.39 is 16.9 Å². The van der Waals surface area contributed by atoms with Crippen molar-refractivity contribution in [2.45, 2.75) is 13.0 Å². The largest absolute Gasteiger partial charge is 0.394 e. The number of aliphatic hydroxyl groups excluding tert-OH is 1. The Morgan fingerprint density at radius 2 is 2.29 bits per heavy atom. The Labute approximate surface area is 102 Å². The summed E-state index contributed by atoms with van der Waals surface area (Å²) in [5.74, 6) is -0.494. The maximum atomic E-state index is 11.6. The molecule has 0 aromatic heterocycles. The Hall–Kier alpha value is -1.66.